The van der Waals surface area contributed by atoms with Gasteiger partial charge in [-0.3, -0.25) is 0 Å². The third kappa shape index (κ3) is 2.00. The number of benzene rings is 1. The van der Waals surface area contributed by atoms with Crippen LogP contribution < -0.4 is 0 Å². The number of alkyl halides is 1. The maximum Gasteiger partial charge on any atom is 0.217 e. The molecule has 0 aromatic heterocycles. The lowest BCUT2D eigenvalue weighted by Crippen LogP contribution is -2.25. The Morgan fingerprint density at radius 2 is 2.12 bits per heavy atom. The third-order valence-corrected chi connectivity index (χ3v) is 4.40. The van der Waals surface area contributed by atoms with Crippen molar-refractivity contribution < 1.29 is 9.84 Å². The average molecular weight is 296 g/mol. The first-order chi connectivity index (χ1) is 8.25. The molecule has 0 radical (unpaired) electrons. The first-order valence-corrected chi connectivity index (χ1v) is 6.78. The van der Waals surface area contributed by atoms with Gasteiger partial charge in [0.15, 0.2) is 0 Å². The molecule has 1 N–H and O–H groups in total. The van der Waals surface area contributed by atoms with Crippen molar-refractivity contribution in [2.45, 2.75) is 36.4 Å². The zero-order valence-electron chi connectivity index (χ0n) is 9.34. The molecule has 0 saturated heterocycles. The number of fused-ring (bicyclic) bond motifs is 1. The van der Waals surface area contributed by atoms with Crippen molar-refractivity contribution in [2.75, 3.05) is 0 Å². The van der Waals surface area contributed by atoms with E-state index in [4.69, 9.17) is 4.74 Å². The van der Waals surface area contributed by atoms with Gasteiger partial charge in [0.25, 0.3) is 0 Å². The molecule has 0 spiro atoms. The number of aliphatic hydroxyl groups is 1. The summed E-state index contributed by atoms with van der Waals surface area (Å²) in [4.78, 5) is 4.72. The number of hydrogen-bond donors (Lipinski definition) is 1. The second kappa shape index (κ2) is 4.42. The second-order valence-electron chi connectivity index (χ2n) is 4.53. The Balaban J connectivity index is 1.87. The fourth-order valence-electron chi connectivity index (χ4n) is 2.39. The molecule has 4 heteroatoms. The van der Waals surface area contributed by atoms with Gasteiger partial charge in [0, 0.05) is 16.0 Å². The number of hydrogen-bond acceptors (Lipinski definition) is 3. The highest BCUT2D eigenvalue weighted by atomic mass is 79.9. The molecular formula is C13H14BrNO2. The Hall–Kier alpha value is -0.870. The molecule has 2 aliphatic rings. The van der Waals surface area contributed by atoms with Gasteiger partial charge in [-0.15, -0.1) is 0 Å². The molecular weight excluding hydrogens is 282 g/mol. The van der Waals surface area contributed by atoms with Crippen LogP contribution in [0.1, 0.15) is 24.0 Å². The second-order valence-corrected chi connectivity index (χ2v) is 5.71. The fraction of sp³-hybridized carbons (Fsp3) is 0.462. The SMILES string of the molecule is OC1C(Br)CCC1N=C1OCc2ccccc21. The minimum atomic E-state index is -0.404. The molecule has 1 fully saturated rings. The zero-order valence-corrected chi connectivity index (χ0v) is 10.9. The molecule has 3 atom stereocenters. The van der Waals surface area contributed by atoms with Gasteiger partial charge in [-0.2, -0.15) is 0 Å². The van der Waals surface area contributed by atoms with Crippen LogP contribution in [0, 0.1) is 0 Å². The molecule has 1 aliphatic carbocycles. The summed E-state index contributed by atoms with van der Waals surface area (Å²) in [6, 6.07) is 8.02. The summed E-state index contributed by atoms with van der Waals surface area (Å²) < 4.78 is 5.59. The first-order valence-electron chi connectivity index (χ1n) is 5.87. The predicted octanol–water partition coefficient (Wildman–Crippen LogP) is 2.25. The Labute approximate surface area is 109 Å². The number of rotatable bonds is 1. The van der Waals surface area contributed by atoms with Crippen molar-refractivity contribution in [1.29, 1.82) is 0 Å². The van der Waals surface area contributed by atoms with Crippen LogP contribution in [0.3, 0.4) is 0 Å². The fourth-order valence-corrected chi connectivity index (χ4v) is 3.01. The normalized spacial score (nSPS) is 33.8. The maximum absolute atomic E-state index is 9.96. The van der Waals surface area contributed by atoms with Crippen molar-refractivity contribution in [1.82, 2.24) is 0 Å². The lowest BCUT2D eigenvalue weighted by molar-refractivity contribution is 0.170. The smallest absolute Gasteiger partial charge is 0.217 e. The van der Waals surface area contributed by atoms with Crippen molar-refractivity contribution in [2.24, 2.45) is 4.99 Å². The lowest BCUT2D eigenvalue weighted by Gasteiger charge is -2.12. The van der Waals surface area contributed by atoms with E-state index in [-0.39, 0.29) is 10.9 Å². The van der Waals surface area contributed by atoms with Gasteiger partial charge in [0.1, 0.15) is 6.61 Å². The maximum atomic E-state index is 9.96. The monoisotopic (exact) mass is 295 g/mol. The van der Waals surface area contributed by atoms with Crippen molar-refractivity contribution in [3.63, 3.8) is 0 Å². The van der Waals surface area contributed by atoms with Crippen LogP contribution in [-0.4, -0.2) is 28.0 Å². The molecule has 0 amide bonds. The van der Waals surface area contributed by atoms with Crippen LogP contribution in [-0.2, 0) is 11.3 Å². The van der Waals surface area contributed by atoms with E-state index in [0.29, 0.717) is 12.5 Å². The summed E-state index contributed by atoms with van der Waals surface area (Å²) in [5.74, 6) is 0.686. The van der Waals surface area contributed by atoms with Gasteiger partial charge in [0.05, 0.1) is 12.1 Å². The van der Waals surface area contributed by atoms with E-state index < -0.39 is 6.10 Å². The van der Waals surface area contributed by atoms with Crippen LogP contribution in [0.2, 0.25) is 0 Å². The molecule has 1 heterocycles. The highest BCUT2D eigenvalue weighted by Gasteiger charge is 2.34. The highest BCUT2D eigenvalue weighted by molar-refractivity contribution is 9.09. The molecule has 1 saturated carbocycles. The standard InChI is InChI=1S/C13H14BrNO2/c14-10-5-6-11(12(10)16)15-13-9-4-2-1-3-8(9)7-17-13/h1-4,10-12,16H,5-7H2. The van der Waals surface area contributed by atoms with E-state index in [2.05, 4.69) is 27.0 Å². The Morgan fingerprint density at radius 1 is 1.29 bits per heavy atom. The van der Waals surface area contributed by atoms with Crippen molar-refractivity contribution >= 4 is 21.8 Å². The lowest BCUT2D eigenvalue weighted by atomic mass is 10.1. The zero-order chi connectivity index (χ0) is 11.8. The summed E-state index contributed by atoms with van der Waals surface area (Å²) in [5.41, 5.74) is 2.24. The highest BCUT2D eigenvalue weighted by Crippen LogP contribution is 2.30. The summed E-state index contributed by atoms with van der Waals surface area (Å²) in [5, 5.41) is 9.96. The average Bonchev–Trinajstić information content (AvgIpc) is 2.89. The van der Waals surface area contributed by atoms with E-state index in [0.717, 1.165) is 18.4 Å². The molecule has 1 aliphatic heterocycles. The number of aliphatic imine (C=N–C) groups is 1. The molecule has 1 aromatic carbocycles. The van der Waals surface area contributed by atoms with Crippen LogP contribution in [0.15, 0.2) is 29.3 Å². The molecule has 90 valence electrons. The quantitative estimate of drug-likeness (QED) is 0.808. The molecule has 1 aromatic rings. The molecule has 17 heavy (non-hydrogen) atoms. The van der Waals surface area contributed by atoms with Gasteiger partial charge in [-0.1, -0.05) is 34.1 Å². The van der Waals surface area contributed by atoms with Crippen molar-refractivity contribution in [3.8, 4) is 0 Å². The summed E-state index contributed by atoms with van der Waals surface area (Å²) in [6.45, 7) is 0.593. The van der Waals surface area contributed by atoms with E-state index in [1.54, 1.807) is 0 Å². The minimum absolute atomic E-state index is 0.0412. The number of ether oxygens (including phenoxy) is 1. The molecule has 3 unspecified atom stereocenters. The largest absolute Gasteiger partial charge is 0.473 e. The predicted molar refractivity (Wildman–Crippen MR) is 69.5 cm³/mol. The number of aliphatic hydroxyl groups excluding tert-OH is 1. The number of nitrogens with zero attached hydrogens (tertiary/aromatic N) is 1. The first kappa shape index (κ1) is 11.2. The van der Waals surface area contributed by atoms with Gasteiger partial charge < -0.3 is 9.84 Å². The summed E-state index contributed by atoms with van der Waals surface area (Å²) in [7, 11) is 0. The van der Waals surface area contributed by atoms with Gasteiger partial charge >= 0.3 is 0 Å². The van der Waals surface area contributed by atoms with E-state index in [1.165, 1.54) is 5.56 Å². The Morgan fingerprint density at radius 3 is 2.88 bits per heavy atom. The Kier molecular flexibility index (Phi) is 2.92. The summed E-state index contributed by atoms with van der Waals surface area (Å²) in [6.07, 6.45) is 1.47. The van der Waals surface area contributed by atoms with Gasteiger partial charge in [-0.05, 0) is 18.9 Å². The number of halogens is 1. The van der Waals surface area contributed by atoms with Crippen LogP contribution >= 0.6 is 15.9 Å². The third-order valence-electron chi connectivity index (χ3n) is 3.40. The van der Waals surface area contributed by atoms with Crippen molar-refractivity contribution in [3.05, 3.63) is 35.4 Å². The van der Waals surface area contributed by atoms with E-state index in [1.807, 2.05) is 18.2 Å². The van der Waals surface area contributed by atoms with Crippen LogP contribution in [0.25, 0.3) is 0 Å². The van der Waals surface area contributed by atoms with Crippen LogP contribution in [0.4, 0.5) is 0 Å². The van der Waals surface area contributed by atoms with E-state index in [9.17, 15) is 5.11 Å². The Bertz CT molecular complexity index is 460. The van der Waals surface area contributed by atoms with Gasteiger partial charge in [-0.25, -0.2) is 4.99 Å². The van der Waals surface area contributed by atoms with Gasteiger partial charge in [0.2, 0.25) is 5.90 Å². The molecule has 3 nitrogen and oxygen atoms in total. The topological polar surface area (TPSA) is 41.8 Å². The molecule has 0 bridgehead atoms. The summed E-state index contributed by atoms with van der Waals surface area (Å²) >= 11 is 3.47. The molecule has 3 rings (SSSR count). The minimum Gasteiger partial charge on any atom is -0.473 e. The van der Waals surface area contributed by atoms with E-state index >= 15 is 0 Å². The van der Waals surface area contributed by atoms with Crippen LogP contribution in [0.5, 0.6) is 0 Å².